The predicted molar refractivity (Wildman–Crippen MR) is 115 cm³/mol. The van der Waals surface area contributed by atoms with Gasteiger partial charge in [0.2, 0.25) is 0 Å². The summed E-state index contributed by atoms with van der Waals surface area (Å²) in [5, 5.41) is 14.8. The van der Waals surface area contributed by atoms with Crippen molar-refractivity contribution in [1.29, 1.82) is 0 Å². The molecule has 0 radical (unpaired) electrons. The Kier molecular flexibility index (Phi) is 5.59. The van der Waals surface area contributed by atoms with Crippen LogP contribution in [-0.4, -0.2) is 28.6 Å². The molecule has 2 aromatic carbocycles. The largest absolute Gasteiger partial charge is 0.507 e. The zero-order valence-electron chi connectivity index (χ0n) is 17.1. The third-order valence-corrected chi connectivity index (χ3v) is 5.00. The van der Waals surface area contributed by atoms with Crippen molar-refractivity contribution in [2.24, 2.45) is 0 Å². The number of hydrogen-bond acceptors (Lipinski definition) is 6. The van der Waals surface area contributed by atoms with Crippen molar-refractivity contribution in [3.63, 3.8) is 0 Å². The van der Waals surface area contributed by atoms with Gasteiger partial charge in [-0.25, -0.2) is 4.39 Å². The molecule has 32 heavy (non-hydrogen) atoms. The van der Waals surface area contributed by atoms with E-state index in [-0.39, 0.29) is 22.5 Å². The summed E-state index contributed by atoms with van der Waals surface area (Å²) in [6.07, 6.45) is 1.59. The van der Waals surface area contributed by atoms with Gasteiger partial charge in [-0.2, -0.15) is 0 Å². The number of aliphatic hydroxyl groups is 1. The highest BCUT2D eigenvalue weighted by Crippen LogP contribution is 2.42. The Morgan fingerprint density at radius 3 is 2.59 bits per heavy atom. The van der Waals surface area contributed by atoms with Gasteiger partial charge in [0.05, 0.1) is 11.6 Å². The Morgan fingerprint density at radius 1 is 1.25 bits per heavy atom. The summed E-state index contributed by atoms with van der Waals surface area (Å²) in [5.74, 6) is -1.99. The van der Waals surface area contributed by atoms with Crippen molar-refractivity contribution >= 4 is 23.3 Å². The second kappa shape index (κ2) is 8.50. The van der Waals surface area contributed by atoms with E-state index in [1.165, 1.54) is 24.3 Å². The van der Waals surface area contributed by atoms with Crippen LogP contribution < -0.4 is 9.64 Å². The molecule has 1 saturated heterocycles. The SMILES string of the molecule is C=CCOc1ccc(/C(O)=C2/C(=O)C(=O)N(c3cc(C)on3)C2c2ccccc2F)cc1. The van der Waals surface area contributed by atoms with Gasteiger partial charge in [0.25, 0.3) is 5.78 Å². The lowest BCUT2D eigenvalue weighted by molar-refractivity contribution is -0.132. The molecule has 7 nitrogen and oxygen atoms in total. The maximum absolute atomic E-state index is 14.8. The molecule has 8 heteroatoms. The Bertz CT molecular complexity index is 1230. The Labute approximate surface area is 183 Å². The molecule has 1 aliphatic rings. The van der Waals surface area contributed by atoms with Gasteiger partial charge >= 0.3 is 5.91 Å². The summed E-state index contributed by atoms with van der Waals surface area (Å²) >= 11 is 0. The Balaban J connectivity index is 1.86. The molecule has 0 spiro atoms. The third-order valence-electron chi connectivity index (χ3n) is 5.00. The first kappa shape index (κ1) is 21.0. The normalized spacial score (nSPS) is 17.6. The molecule has 1 atom stereocenters. The first-order chi connectivity index (χ1) is 15.4. The number of hydrogen-bond donors (Lipinski definition) is 1. The van der Waals surface area contributed by atoms with E-state index in [0.29, 0.717) is 18.1 Å². The number of ketones is 1. The summed E-state index contributed by atoms with van der Waals surface area (Å²) in [7, 11) is 0. The molecule has 1 unspecified atom stereocenters. The molecule has 4 rings (SSSR count). The van der Waals surface area contributed by atoms with E-state index in [1.54, 1.807) is 43.3 Å². The average Bonchev–Trinajstić information content (AvgIpc) is 3.33. The van der Waals surface area contributed by atoms with Gasteiger partial charge in [0.1, 0.15) is 29.7 Å². The van der Waals surface area contributed by atoms with Crippen molar-refractivity contribution in [1.82, 2.24) is 5.16 Å². The number of carbonyl (C=O) groups is 2. The number of ether oxygens (including phenoxy) is 1. The first-order valence-electron chi connectivity index (χ1n) is 9.75. The quantitative estimate of drug-likeness (QED) is 0.269. The lowest BCUT2D eigenvalue weighted by Gasteiger charge is -2.23. The third kappa shape index (κ3) is 3.66. The molecular weight excluding hydrogens is 415 g/mol. The van der Waals surface area contributed by atoms with Crippen molar-refractivity contribution in [2.45, 2.75) is 13.0 Å². The molecule has 2 heterocycles. The molecular formula is C24H19FN2O5. The molecule has 1 amide bonds. The number of aliphatic hydroxyl groups excluding tert-OH is 1. The number of anilines is 1. The fourth-order valence-electron chi connectivity index (χ4n) is 3.55. The van der Waals surface area contributed by atoms with Crippen LogP contribution in [0.3, 0.4) is 0 Å². The number of rotatable bonds is 6. The van der Waals surface area contributed by atoms with Crippen molar-refractivity contribution < 1.29 is 28.3 Å². The predicted octanol–water partition coefficient (Wildman–Crippen LogP) is 4.31. The lowest BCUT2D eigenvalue weighted by atomic mass is 9.95. The van der Waals surface area contributed by atoms with E-state index >= 15 is 0 Å². The molecule has 3 aromatic rings. The van der Waals surface area contributed by atoms with Crippen LogP contribution in [0.2, 0.25) is 0 Å². The minimum absolute atomic E-state index is 0.0415. The Hall–Kier alpha value is -4.20. The van der Waals surface area contributed by atoms with Crippen LogP contribution in [0.1, 0.15) is 22.9 Å². The van der Waals surface area contributed by atoms with Crippen LogP contribution in [0.4, 0.5) is 10.2 Å². The standard InChI is InChI=1S/C24H19FN2O5/c1-3-12-31-16-10-8-15(9-11-16)22(28)20-21(17-6-4-5-7-18(17)25)27(24(30)23(20)29)19-13-14(2)32-26-19/h3-11,13,21,28H,1,12H2,2H3/b22-20-. The Morgan fingerprint density at radius 2 is 1.97 bits per heavy atom. The summed E-state index contributed by atoms with van der Waals surface area (Å²) in [4.78, 5) is 26.9. The summed E-state index contributed by atoms with van der Waals surface area (Å²) in [5.41, 5.74) is 0.0620. The molecule has 1 aromatic heterocycles. The monoisotopic (exact) mass is 434 g/mol. The molecule has 1 fully saturated rings. The molecule has 1 aliphatic heterocycles. The van der Waals surface area contributed by atoms with Crippen LogP contribution in [0.15, 0.2) is 77.3 Å². The number of aromatic nitrogens is 1. The minimum Gasteiger partial charge on any atom is -0.507 e. The van der Waals surface area contributed by atoms with Crippen LogP contribution in [0.5, 0.6) is 5.75 Å². The number of amides is 1. The fraction of sp³-hybridized carbons (Fsp3) is 0.125. The number of aryl methyl sites for hydroxylation is 1. The molecule has 162 valence electrons. The highest BCUT2D eigenvalue weighted by molar-refractivity contribution is 6.51. The fourth-order valence-corrected chi connectivity index (χ4v) is 3.55. The number of Topliss-reactive ketones (excluding diaryl/α,β-unsaturated/α-hetero) is 1. The van der Waals surface area contributed by atoms with Gasteiger partial charge in [0, 0.05) is 17.2 Å². The second-order valence-corrected chi connectivity index (χ2v) is 7.11. The maximum atomic E-state index is 14.8. The van der Waals surface area contributed by atoms with Gasteiger partial charge in [-0.15, -0.1) is 0 Å². The van der Waals surface area contributed by atoms with E-state index in [0.717, 1.165) is 4.90 Å². The number of carbonyl (C=O) groups excluding carboxylic acids is 2. The van der Waals surface area contributed by atoms with Gasteiger partial charge in [0.15, 0.2) is 5.82 Å². The van der Waals surface area contributed by atoms with Gasteiger partial charge in [-0.3, -0.25) is 14.5 Å². The minimum atomic E-state index is -1.22. The van der Waals surface area contributed by atoms with Gasteiger partial charge < -0.3 is 14.4 Å². The van der Waals surface area contributed by atoms with Crippen LogP contribution in [0.25, 0.3) is 5.76 Å². The maximum Gasteiger partial charge on any atom is 0.301 e. The van der Waals surface area contributed by atoms with Crippen molar-refractivity contribution in [3.05, 3.63) is 95.5 Å². The van der Waals surface area contributed by atoms with E-state index in [2.05, 4.69) is 11.7 Å². The summed E-state index contributed by atoms with van der Waals surface area (Å²) in [6, 6.07) is 12.3. The zero-order valence-corrected chi connectivity index (χ0v) is 17.1. The highest BCUT2D eigenvalue weighted by atomic mass is 19.1. The lowest BCUT2D eigenvalue weighted by Crippen LogP contribution is -2.30. The van der Waals surface area contributed by atoms with Crippen LogP contribution >= 0.6 is 0 Å². The van der Waals surface area contributed by atoms with E-state index in [9.17, 15) is 19.1 Å². The highest BCUT2D eigenvalue weighted by Gasteiger charge is 2.48. The second-order valence-electron chi connectivity index (χ2n) is 7.11. The zero-order chi connectivity index (χ0) is 22.8. The van der Waals surface area contributed by atoms with Gasteiger partial charge in [-0.05, 0) is 37.3 Å². The molecule has 0 aliphatic carbocycles. The number of halogens is 1. The van der Waals surface area contributed by atoms with Crippen LogP contribution in [-0.2, 0) is 9.59 Å². The molecule has 1 N–H and O–H groups in total. The van der Waals surface area contributed by atoms with E-state index in [4.69, 9.17) is 9.26 Å². The van der Waals surface area contributed by atoms with E-state index in [1.807, 2.05) is 0 Å². The van der Waals surface area contributed by atoms with Gasteiger partial charge in [-0.1, -0.05) is 36.0 Å². The topological polar surface area (TPSA) is 92.9 Å². The summed E-state index contributed by atoms with van der Waals surface area (Å²) in [6.45, 7) is 5.51. The van der Waals surface area contributed by atoms with Crippen molar-refractivity contribution in [3.8, 4) is 5.75 Å². The number of benzene rings is 2. The average molecular weight is 434 g/mol. The first-order valence-corrected chi connectivity index (χ1v) is 9.75. The number of nitrogens with zero attached hydrogens (tertiary/aromatic N) is 2. The molecule has 0 bridgehead atoms. The van der Waals surface area contributed by atoms with Crippen molar-refractivity contribution in [2.75, 3.05) is 11.5 Å². The summed E-state index contributed by atoms with van der Waals surface area (Å²) < 4.78 is 25.3. The van der Waals surface area contributed by atoms with Crippen LogP contribution in [0, 0.1) is 12.7 Å². The van der Waals surface area contributed by atoms with E-state index < -0.39 is 29.3 Å². The smallest absolute Gasteiger partial charge is 0.301 e. The molecule has 0 saturated carbocycles.